The van der Waals surface area contributed by atoms with Crippen molar-refractivity contribution in [2.45, 2.75) is 31.0 Å². The molecule has 2 aromatic rings. The third-order valence-electron chi connectivity index (χ3n) is 2.75. The average molecular weight is 280 g/mol. The summed E-state index contributed by atoms with van der Waals surface area (Å²) in [4.78, 5) is 32.6. The molecule has 0 aromatic carbocycles. The number of thioether (sulfide) groups is 1. The zero-order valence-electron chi connectivity index (χ0n) is 11.6. The highest BCUT2D eigenvalue weighted by Gasteiger charge is 2.14. The molecule has 0 saturated carbocycles. The molecular weight excluding hydrogens is 264 g/mol. The van der Waals surface area contributed by atoms with Crippen LogP contribution in [0, 0.1) is 6.92 Å². The summed E-state index contributed by atoms with van der Waals surface area (Å²) in [5.41, 5.74) is 0.477. The molecule has 102 valence electrons. The molecule has 0 amide bonds. The Hall–Kier alpha value is -1.63. The Morgan fingerprint density at radius 3 is 2.32 bits per heavy atom. The number of fused-ring (bicyclic) bond motifs is 1. The number of hydrogen-bond acceptors (Lipinski definition) is 5. The fourth-order valence-corrected chi connectivity index (χ4v) is 2.57. The van der Waals surface area contributed by atoms with Crippen molar-refractivity contribution in [3.8, 4) is 0 Å². The monoisotopic (exact) mass is 280 g/mol. The highest BCUT2D eigenvalue weighted by Crippen LogP contribution is 2.24. The van der Waals surface area contributed by atoms with Crippen LogP contribution in [0.2, 0.25) is 0 Å². The Labute approximate surface area is 114 Å². The van der Waals surface area contributed by atoms with Crippen LogP contribution < -0.4 is 11.2 Å². The molecule has 0 aliphatic rings. The summed E-state index contributed by atoms with van der Waals surface area (Å²) < 4.78 is 2.40. The molecule has 0 saturated heterocycles. The Morgan fingerprint density at radius 1 is 1.11 bits per heavy atom. The van der Waals surface area contributed by atoms with Gasteiger partial charge in [0.05, 0.1) is 5.69 Å². The topological polar surface area (TPSA) is 69.8 Å². The van der Waals surface area contributed by atoms with Crippen molar-refractivity contribution in [3.63, 3.8) is 0 Å². The molecule has 0 unspecified atom stereocenters. The van der Waals surface area contributed by atoms with Crippen molar-refractivity contribution in [2.24, 2.45) is 14.1 Å². The summed E-state index contributed by atoms with van der Waals surface area (Å²) in [5, 5.41) is 1.11. The van der Waals surface area contributed by atoms with Crippen LogP contribution in [0.4, 0.5) is 0 Å². The summed E-state index contributed by atoms with van der Waals surface area (Å²) >= 11 is 1.57. The summed E-state index contributed by atoms with van der Waals surface area (Å²) in [5.74, 6) is 0. The van der Waals surface area contributed by atoms with E-state index >= 15 is 0 Å². The summed E-state index contributed by atoms with van der Waals surface area (Å²) in [6.07, 6.45) is 0. The molecule has 0 aliphatic carbocycles. The van der Waals surface area contributed by atoms with Crippen molar-refractivity contribution < 1.29 is 0 Å². The maximum absolute atomic E-state index is 12.0. The molecule has 0 radical (unpaired) electrons. The zero-order chi connectivity index (χ0) is 14.3. The van der Waals surface area contributed by atoms with Crippen molar-refractivity contribution in [2.75, 3.05) is 0 Å². The first kappa shape index (κ1) is 13.8. The third kappa shape index (κ3) is 2.30. The van der Waals surface area contributed by atoms with Crippen molar-refractivity contribution in [1.29, 1.82) is 0 Å². The van der Waals surface area contributed by atoms with E-state index in [4.69, 9.17) is 0 Å². The molecular formula is C12H16N4O2S. The van der Waals surface area contributed by atoms with Gasteiger partial charge in [-0.1, -0.05) is 13.8 Å². The fraction of sp³-hybridized carbons (Fsp3) is 0.500. The maximum atomic E-state index is 12.0. The standard InChI is InChI=1S/C12H16N4O2S/c1-6(2)19-10-7(3)13-8-9(14-10)15(4)12(18)16(5)11(8)17/h6H,1-5H3. The third-order valence-corrected chi connectivity index (χ3v) is 3.84. The van der Waals surface area contributed by atoms with E-state index < -0.39 is 11.2 Å². The van der Waals surface area contributed by atoms with Gasteiger partial charge in [-0.25, -0.2) is 14.8 Å². The van der Waals surface area contributed by atoms with Gasteiger partial charge < -0.3 is 0 Å². The van der Waals surface area contributed by atoms with Gasteiger partial charge in [0.25, 0.3) is 5.56 Å². The Balaban J connectivity index is 2.87. The fourth-order valence-electron chi connectivity index (χ4n) is 1.77. The first-order valence-corrected chi connectivity index (χ1v) is 6.82. The Morgan fingerprint density at radius 2 is 1.74 bits per heavy atom. The van der Waals surface area contributed by atoms with E-state index in [2.05, 4.69) is 23.8 Å². The van der Waals surface area contributed by atoms with Crippen molar-refractivity contribution in [1.82, 2.24) is 19.1 Å². The molecule has 0 fully saturated rings. The lowest BCUT2D eigenvalue weighted by Gasteiger charge is -2.10. The zero-order valence-corrected chi connectivity index (χ0v) is 12.4. The quantitative estimate of drug-likeness (QED) is 0.762. The smallest absolute Gasteiger partial charge is 0.279 e. The van der Waals surface area contributed by atoms with Gasteiger partial charge in [-0.15, -0.1) is 11.8 Å². The second kappa shape index (κ2) is 4.80. The number of rotatable bonds is 2. The predicted octanol–water partition coefficient (Wildman–Crippen LogP) is 0.836. The van der Waals surface area contributed by atoms with E-state index in [9.17, 15) is 9.59 Å². The van der Waals surface area contributed by atoms with Crippen LogP contribution in [0.1, 0.15) is 19.5 Å². The molecule has 6 nitrogen and oxygen atoms in total. The molecule has 7 heteroatoms. The second-order valence-corrected chi connectivity index (χ2v) is 6.22. The van der Waals surface area contributed by atoms with Crippen LogP contribution in [0.25, 0.3) is 11.2 Å². The van der Waals surface area contributed by atoms with Crippen LogP contribution in [-0.4, -0.2) is 24.4 Å². The molecule has 2 heterocycles. The molecule has 0 bridgehead atoms. The molecule has 19 heavy (non-hydrogen) atoms. The summed E-state index contributed by atoms with van der Waals surface area (Å²) in [7, 11) is 3.04. The molecule has 0 aliphatic heterocycles. The first-order valence-electron chi connectivity index (χ1n) is 5.94. The predicted molar refractivity (Wildman–Crippen MR) is 75.8 cm³/mol. The van der Waals surface area contributed by atoms with Crippen LogP contribution in [0.3, 0.4) is 0 Å². The number of aromatic nitrogens is 4. The summed E-state index contributed by atoms with van der Waals surface area (Å²) in [6.45, 7) is 5.93. The minimum atomic E-state index is -0.408. The second-order valence-electron chi connectivity index (χ2n) is 4.66. The van der Waals surface area contributed by atoms with Gasteiger partial charge in [0.1, 0.15) is 5.03 Å². The van der Waals surface area contributed by atoms with Crippen molar-refractivity contribution >= 4 is 22.9 Å². The molecule has 0 atom stereocenters. The number of nitrogens with zero attached hydrogens (tertiary/aromatic N) is 4. The highest BCUT2D eigenvalue weighted by molar-refractivity contribution is 7.99. The molecule has 2 aromatic heterocycles. The Bertz CT molecular complexity index is 761. The van der Waals surface area contributed by atoms with Crippen LogP contribution >= 0.6 is 11.8 Å². The van der Waals surface area contributed by atoms with Crippen LogP contribution in [0.15, 0.2) is 14.6 Å². The minimum Gasteiger partial charge on any atom is -0.279 e. The van der Waals surface area contributed by atoms with E-state index in [0.717, 1.165) is 9.59 Å². The Kier molecular flexibility index (Phi) is 3.49. The van der Waals surface area contributed by atoms with E-state index in [1.807, 2.05) is 6.92 Å². The lowest BCUT2D eigenvalue weighted by Crippen LogP contribution is -2.37. The highest BCUT2D eigenvalue weighted by atomic mass is 32.2. The maximum Gasteiger partial charge on any atom is 0.332 e. The van der Waals surface area contributed by atoms with E-state index in [0.29, 0.717) is 16.6 Å². The normalized spacial score (nSPS) is 11.5. The van der Waals surface area contributed by atoms with Gasteiger partial charge in [0, 0.05) is 19.3 Å². The molecule has 0 spiro atoms. The van der Waals surface area contributed by atoms with Crippen molar-refractivity contribution in [3.05, 3.63) is 26.5 Å². The van der Waals surface area contributed by atoms with E-state index in [1.54, 1.807) is 18.8 Å². The first-order chi connectivity index (χ1) is 8.82. The van der Waals surface area contributed by atoms with Gasteiger partial charge in [-0.3, -0.25) is 13.9 Å². The largest absolute Gasteiger partial charge is 0.332 e. The van der Waals surface area contributed by atoms with Crippen LogP contribution in [-0.2, 0) is 14.1 Å². The van der Waals surface area contributed by atoms with Gasteiger partial charge in [-0.05, 0) is 6.92 Å². The summed E-state index contributed by atoms with van der Waals surface area (Å²) in [6, 6.07) is 0. The molecule has 0 N–H and O–H groups in total. The van der Waals surface area contributed by atoms with E-state index in [1.165, 1.54) is 11.6 Å². The number of hydrogen-bond donors (Lipinski definition) is 0. The number of aryl methyl sites for hydroxylation is 2. The van der Waals surface area contributed by atoms with Gasteiger partial charge in [-0.2, -0.15) is 0 Å². The lowest BCUT2D eigenvalue weighted by atomic mass is 10.4. The molecule has 2 rings (SSSR count). The van der Waals surface area contributed by atoms with Crippen LogP contribution in [0.5, 0.6) is 0 Å². The van der Waals surface area contributed by atoms with E-state index in [-0.39, 0.29) is 5.52 Å². The van der Waals surface area contributed by atoms with Gasteiger partial charge in [0.2, 0.25) is 0 Å². The lowest BCUT2D eigenvalue weighted by molar-refractivity contribution is 0.699. The average Bonchev–Trinajstić information content (AvgIpc) is 2.35. The SMILES string of the molecule is Cc1nc2c(=O)n(C)c(=O)n(C)c2nc1SC(C)C. The van der Waals surface area contributed by atoms with Gasteiger partial charge >= 0.3 is 5.69 Å². The minimum absolute atomic E-state index is 0.232. The van der Waals surface area contributed by atoms with Gasteiger partial charge in [0.15, 0.2) is 11.2 Å².